The minimum absolute atomic E-state index is 0.280. The fraction of sp³-hybridized carbons (Fsp3) is 0.571. The molecule has 0 spiro atoms. The number of nitrogens with one attached hydrogen (secondary N) is 1. The molecule has 1 fully saturated rings. The van der Waals surface area contributed by atoms with Crippen molar-refractivity contribution in [1.29, 1.82) is 0 Å². The Morgan fingerprint density at radius 2 is 2.05 bits per heavy atom. The number of hydrogen-bond acceptors (Lipinski definition) is 4. The second kappa shape index (κ2) is 6.56. The van der Waals surface area contributed by atoms with Crippen molar-refractivity contribution < 1.29 is 17.9 Å². The van der Waals surface area contributed by atoms with Gasteiger partial charge in [0.05, 0.1) is 12.0 Å². The van der Waals surface area contributed by atoms with Crippen LogP contribution in [0.15, 0.2) is 23.1 Å². The molecule has 1 aromatic rings. The predicted octanol–water partition coefficient (Wildman–Crippen LogP) is 1.71. The predicted molar refractivity (Wildman–Crippen MR) is 76.5 cm³/mol. The molecule has 6 heteroatoms. The summed E-state index contributed by atoms with van der Waals surface area (Å²) in [6.45, 7) is 3.73. The maximum atomic E-state index is 12.2. The van der Waals surface area contributed by atoms with E-state index in [-0.39, 0.29) is 4.90 Å². The van der Waals surface area contributed by atoms with Gasteiger partial charge in [0.15, 0.2) is 0 Å². The second-order valence-corrected chi connectivity index (χ2v) is 6.81. The van der Waals surface area contributed by atoms with Crippen molar-refractivity contribution in [3.8, 4) is 5.75 Å². The molecule has 0 unspecified atom stereocenters. The normalized spacial score (nSPS) is 17.1. The van der Waals surface area contributed by atoms with Crippen LogP contribution in [0.5, 0.6) is 5.75 Å². The van der Waals surface area contributed by atoms with Crippen LogP contribution in [-0.4, -0.2) is 35.3 Å². The van der Waals surface area contributed by atoms with Gasteiger partial charge in [-0.15, -0.1) is 0 Å². The highest BCUT2D eigenvalue weighted by molar-refractivity contribution is 7.89. The average Bonchev–Trinajstić information content (AvgIpc) is 2.46. The Labute approximate surface area is 120 Å². The van der Waals surface area contributed by atoms with Crippen molar-refractivity contribution in [2.45, 2.75) is 24.7 Å². The molecule has 2 rings (SSSR count). The summed E-state index contributed by atoms with van der Waals surface area (Å²) in [7, 11) is -1.88. The van der Waals surface area contributed by atoms with Gasteiger partial charge in [-0.05, 0) is 49.4 Å². The Hall–Kier alpha value is -1.11. The molecule has 112 valence electrons. The first-order valence-electron chi connectivity index (χ1n) is 6.75. The van der Waals surface area contributed by atoms with Crippen LogP contribution >= 0.6 is 0 Å². The Bertz CT molecular complexity index is 550. The SMILES string of the molecule is COc1ccc(S(=O)(=O)NCC2CCOCC2)cc1C. The molecule has 0 saturated carbocycles. The quantitative estimate of drug-likeness (QED) is 0.899. The zero-order valence-corrected chi connectivity index (χ0v) is 12.7. The lowest BCUT2D eigenvalue weighted by Crippen LogP contribution is -2.32. The molecule has 0 radical (unpaired) electrons. The molecular formula is C14H21NO4S. The third-order valence-electron chi connectivity index (χ3n) is 3.58. The molecular weight excluding hydrogens is 278 g/mol. The standard InChI is InChI=1S/C14H21NO4S/c1-11-9-13(3-4-14(11)18-2)20(16,17)15-10-12-5-7-19-8-6-12/h3-4,9,12,15H,5-8,10H2,1-2H3. The van der Waals surface area contributed by atoms with Crippen LogP contribution in [0.3, 0.4) is 0 Å². The molecule has 5 nitrogen and oxygen atoms in total. The first-order chi connectivity index (χ1) is 9.53. The molecule has 1 saturated heterocycles. The summed E-state index contributed by atoms with van der Waals surface area (Å²) in [5.74, 6) is 1.05. The molecule has 1 aliphatic rings. The molecule has 0 aromatic heterocycles. The smallest absolute Gasteiger partial charge is 0.240 e. The van der Waals surface area contributed by atoms with Gasteiger partial charge in [0.2, 0.25) is 10.0 Å². The Kier molecular flexibility index (Phi) is 5.01. The summed E-state index contributed by atoms with van der Waals surface area (Å²) in [5.41, 5.74) is 0.807. The lowest BCUT2D eigenvalue weighted by atomic mass is 10.0. The summed E-state index contributed by atoms with van der Waals surface area (Å²) in [5, 5.41) is 0. The highest BCUT2D eigenvalue weighted by Gasteiger charge is 2.19. The van der Waals surface area contributed by atoms with Crippen LogP contribution in [0, 0.1) is 12.8 Å². The molecule has 20 heavy (non-hydrogen) atoms. The Balaban J connectivity index is 2.04. The topological polar surface area (TPSA) is 64.6 Å². The third-order valence-corrected chi connectivity index (χ3v) is 5.00. The first kappa shape index (κ1) is 15.3. The molecule has 1 aliphatic heterocycles. The van der Waals surface area contributed by atoms with Crippen LogP contribution < -0.4 is 9.46 Å². The first-order valence-corrected chi connectivity index (χ1v) is 8.23. The fourth-order valence-electron chi connectivity index (χ4n) is 2.28. The fourth-order valence-corrected chi connectivity index (χ4v) is 3.48. The number of methoxy groups -OCH3 is 1. The maximum absolute atomic E-state index is 12.2. The Morgan fingerprint density at radius 3 is 2.65 bits per heavy atom. The highest BCUT2D eigenvalue weighted by atomic mass is 32.2. The lowest BCUT2D eigenvalue weighted by molar-refractivity contribution is 0.0678. The van der Waals surface area contributed by atoms with E-state index in [1.165, 1.54) is 0 Å². The monoisotopic (exact) mass is 299 g/mol. The van der Waals surface area contributed by atoms with Gasteiger partial charge >= 0.3 is 0 Å². The van der Waals surface area contributed by atoms with Crippen LogP contribution in [0.4, 0.5) is 0 Å². The van der Waals surface area contributed by atoms with Gasteiger partial charge in [0.25, 0.3) is 0 Å². The van der Waals surface area contributed by atoms with Crippen molar-refractivity contribution in [3.63, 3.8) is 0 Å². The molecule has 0 atom stereocenters. The molecule has 1 N–H and O–H groups in total. The van der Waals surface area contributed by atoms with E-state index >= 15 is 0 Å². The van der Waals surface area contributed by atoms with Crippen LogP contribution in [0.1, 0.15) is 18.4 Å². The average molecular weight is 299 g/mol. The van der Waals surface area contributed by atoms with Gasteiger partial charge in [-0.2, -0.15) is 0 Å². The maximum Gasteiger partial charge on any atom is 0.240 e. The summed E-state index contributed by atoms with van der Waals surface area (Å²) in [4.78, 5) is 0.280. The van der Waals surface area contributed by atoms with Crippen molar-refractivity contribution in [2.75, 3.05) is 26.9 Å². The van der Waals surface area contributed by atoms with Gasteiger partial charge in [0, 0.05) is 19.8 Å². The number of ether oxygens (including phenoxy) is 2. The van der Waals surface area contributed by atoms with E-state index in [0.29, 0.717) is 31.4 Å². The van der Waals surface area contributed by atoms with Gasteiger partial charge in [0.1, 0.15) is 5.75 Å². The summed E-state index contributed by atoms with van der Waals surface area (Å²) >= 11 is 0. The number of aryl methyl sites for hydroxylation is 1. The molecule has 0 aliphatic carbocycles. The highest BCUT2D eigenvalue weighted by Crippen LogP contribution is 2.21. The summed E-state index contributed by atoms with van der Waals surface area (Å²) in [6.07, 6.45) is 1.81. The van der Waals surface area contributed by atoms with Crippen molar-refractivity contribution in [3.05, 3.63) is 23.8 Å². The van der Waals surface area contributed by atoms with E-state index in [1.54, 1.807) is 25.3 Å². The van der Waals surface area contributed by atoms with E-state index < -0.39 is 10.0 Å². The second-order valence-electron chi connectivity index (χ2n) is 5.04. The lowest BCUT2D eigenvalue weighted by Gasteiger charge is -2.22. The van der Waals surface area contributed by atoms with E-state index in [1.807, 2.05) is 6.92 Å². The minimum Gasteiger partial charge on any atom is -0.496 e. The van der Waals surface area contributed by atoms with Gasteiger partial charge < -0.3 is 9.47 Å². The van der Waals surface area contributed by atoms with E-state index in [2.05, 4.69) is 4.72 Å². The number of hydrogen-bond donors (Lipinski definition) is 1. The minimum atomic E-state index is -3.45. The summed E-state index contributed by atoms with van der Waals surface area (Å²) < 4.78 is 37.6. The van der Waals surface area contributed by atoms with Crippen molar-refractivity contribution in [1.82, 2.24) is 4.72 Å². The molecule has 0 bridgehead atoms. The van der Waals surface area contributed by atoms with Crippen LogP contribution in [0.25, 0.3) is 0 Å². The van der Waals surface area contributed by atoms with Crippen molar-refractivity contribution >= 4 is 10.0 Å². The Morgan fingerprint density at radius 1 is 1.35 bits per heavy atom. The van der Waals surface area contributed by atoms with Crippen LogP contribution in [0.2, 0.25) is 0 Å². The summed E-state index contributed by atoms with van der Waals surface area (Å²) in [6, 6.07) is 4.88. The molecule has 1 heterocycles. The van der Waals surface area contributed by atoms with E-state index in [0.717, 1.165) is 18.4 Å². The largest absolute Gasteiger partial charge is 0.496 e. The number of benzene rings is 1. The van der Waals surface area contributed by atoms with Gasteiger partial charge in [-0.25, -0.2) is 13.1 Å². The van der Waals surface area contributed by atoms with Gasteiger partial charge in [-0.1, -0.05) is 0 Å². The van der Waals surface area contributed by atoms with Crippen LogP contribution in [-0.2, 0) is 14.8 Å². The zero-order valence-electron chi connectivity index (χ0n) is 11.9. The molecule has 1 aromatic carbocycles. The van der Waals surface area contributed by atoms with Crippen molar-refractivity contribution in [2.24, 2.45) is 5.92 Å². The zero-order chi connectivity index (χ0) is 14.6. The number of sulfonamides is 1. The van der Waals surface area contributed by atoms with E-state index in [9.17, 15) is 8.42 Å². The van der Waals surface area contributed by atoms with E-state index in [4.69, 9.17) is 9.47 Å². The third kappa shape index (κ3) is 3.71. The molecule has 0 amide bonds. The number of rotatable bonds is 5. The van der Waals surface area contributed by atoms with Gasteiger partial charge in [-0.3, -0.25) is 0 Å².